The van der Waals surface area contributed by atoms with Gasteiger partial charge in [0.2, 0.25) is 17.7 Å². The van der Waals surface area contributed by atoms with Gasteiger partial charge in [0.15, 0.2) is 10.8 Å². The summed E-state index contributed by atoms with van der Waals surface area (Å²) in [7, 11) is 0. The second kappa shape index (κ2) is 30.2. The van der Waals surface area contributed by atoms with Gasteiger partial charge in [-0.2, -0.15) is 5.10 Å². The molecule has 4 unspecified atom stereocenters. The second-order valence-electron chi connectivity index (χ2n) is 28.3. The minimum absolute atomic E-state index is 0.0661. The molecule has 520 valence electrons. The fourth-order valence-corrected chi connectivity index (χ4v) is 16.3. The number of benzene rings is 3. The number of para-hydroxylation sites is 1. The number of hydrogen-bond acceptors (Lipinski definition) is 16. The molecule has 5 atom stereocenters. The highest BCUT2D eigenvalue weighted by Gasteiger charge is 2.59. The van der Waals surface area contributed by atoms with Gasteiger partial charge in [0.1, 0.15) is 24.5 Å². The lowest BCUT2D eigenvalue weighted by molar-refractivity contribution is -0.198. The first-order valence-electron chi connectivity index (χ1n) is 33.7. The largest absolute Gasteiger partial charge is 0.481 e. The molecule has 3 aromatic heterocycles. The summed E-state index contributed by atoms with van der Waals surface area (Å²) in [5.41, 5.74) is 4.86. The van der Waals surface area contributed by atoms with E-state index in [2.05, 4.69) is 53.9 Å². The van der Waals surface area contributed by atoms with Crippen molar-refractivity contribution in [2.24, 2.45) is 22.2 Å². The van der Waals surface area contributed by atoms with E-state index in [4.69, 9.17) is 19.6 Å². The number of ether oxygens (including phenoxy) is 2. The van der Waals surface area contributed by atoms with E-state index in [9.17, 15) is 53.4 Å². The Morgan fingerprint density at radius 1 is 0.776 bits per heavy atom. The van der Waals surface area contributed by atoms with Crippen molar-refractivity contribution < 1.29 is 62.8 Å². The van der Waals surface area contributed by atoms with E-state index in [1.54, 1.807) is 56.4 Å². The first-order chi connectivity index (χ1) is 46.6. The van der Waals surface area contributed by atoms with Crippen molar-refractivity contribution in [1.82, 2.24) is 40.2 Å². The maximum atomic E-state index is 13.9. The van der Waals surface area contributed by atoms with Crippen LogP contribution in [0.5, 0.6) is 0 Å². The van der Waals surface area contributed by atoms with Crippen LogP contribution in [0.3, 0.4) is 0 Å². The Balaban J connectivity index is 0.737. The molecule has 3 aromatic carbocycles. The van der Waals surface area contributed by atoms with Crippen LogP contribution in [0.2, 0.25) is 0 Å². The lowest BCUT2D eigenvalue weighted by atomic mass is 9.47. The van der Waals surface area contributed by atoms with Crippen molar-refractivity contribution >= 4 is 91.7 Å². The van der Waals surface area contributed by atoms with E-state index >= 15 is 0 Å². The van der Waals surface area contributed by atoms with Gasteiger partial charge in [-0.05, 0) is 153 Å². The van der Waals surface area contributed by atoms with Crippen LogP contribution >= 0.6 is 11.3 Å². The van der Waals surface area contributed by atoms with Gasteiger partial charge in [-0.15, -0.1) is 0 Å². The minimum atomic E-state index is -1.18. The van der Waals surface area contributed by atoms with Gasteiger partial charge in [-0.1, -0.05) is 95.7 Å². The Kier molecular flexibility index (Phi) is 22.0. The number of imide groups is 1. The van der Waals surface area contributed by atoms with Crippen LogP contribution in [0.25, 0.3) is 21.3 Å². The summed E-state index contributed by atoms with van der Waals surface area (Å²) in [4.78, 5) is 130. The molecule has 2 fully saturated rings. The number of aromatic nitrogens is 4. The minimum Gasteiger partial charge on any atom is -0.481 e. The molecular weight excluding hydrogens is 1270 g/mol. The number of unbranched alkanes of at least 4 members (excludes halogenated alkanes) is 2. The van der Waals surface area contributed by atoms with E-state index < -0.39 is 47.5 Å². The van der Waals surface area contributed by atoms with Crippen LogP contribution in [-0.2, 0) is 64.4 Å². The Hall–Kier alpha value is -9.36. The standard InChI is InChI=1S/C73H89N11O13S/c1-9-72(44-84-47(5)53(36-74-84)51-25-26-57(78-63(51)67(93)94)82-32-29-49-16-15-17-52(54(49)37-82)65(91)80-68-77-55-18-12-13-19-56(55)98-68)41-71(8)39-70(6,7)40-73(42-71,43-72)97-35-34-81(33-30-61(88)89)69(95)96-38-48-21-23-50(24-22-48)76-64(90)46(4)75-66(92)62(45(2)3)79-58(85)20-11-10-14-31-83-59(86)27-28-60(83)87/h12-13,15-19,21-28,36,45-46,62H,9-11,14,20,29-35,37-44H2,1-8H3,(H,75,92)(H,76,90)(H,79,85)(H,88,89)(H,93,94)(H,77,80,91)/t46-,62?,71?,72?,73?/m0/s1. The van der Waals surface area contributed by atoms with E-state index in [-0.39, 0.29) is 97.2 Å². The monoisotopic (exact) mass is 1360 g/mol. The van der Waals surface area contributed by atoms with Crippen LogP contribution in [-0.4, -0.2) is 144 Å². The van der Waals surface area contributed by atoms with E-state index in [0.29, 0.717) is 90.6 Å². The molecule has 2 saturated carbocycles. The van der Waals surface area contributed by atoms with Crippen molar-refractivity contribution in [3.63, 3.8) is 0 Å². The number of anilines is 3. The Bertz CT molecular complexity index is 4000. The number of carboxylic acids is 2. The molecule has 0 spiro atoms. The van der Waals surface area contributed by atoms with E-state index in [1.807, 2.05) is 59.0 Å². The van der Waals surface area contributed by atoms with E-state index in [1.165, 1.54) is 35.3 Å². The predicted molar refractivity (Wildman–Crippen MR) is 370 cm³/mol. The number of hydrogen-bond donors (Lipinski definition) is 6. The van der Waals surface area contributed by atoms with Gasteiger partial charge in [-0.3, -0.25) is 48.5 Å². The lowest BCUT2D eigenvalue weighted by Gasteiger charge is -2.62. The Morgan fingerprint density at radius 2 is 1.53 bits per heavy atom. The molecule has 6 N–H and O–H groups in total. The predicted octanol–water partition coefficient (Wildman–Crippen LogP) is 10.7. The van der Waals surface area contributed by atoms with Gasteiger partial charge in [-0.25, -0.2) is 19.6 Å². The highest BCUT2D eigenvalue weighted by molar-refractivity contribution is 7.22. The molecule has 98 heavy (non-hydrogen) atoms. The zero-order valence-corrected chi connectivity index (χ0v) is 57.9. The topological polar surface area (TPSA) is 314 Å². The number of aromatic carboxylic acids is 1. The second-order valence-corrected chi connectivity index (χ2v) is 29.4. The number of rotatable bonds is 29. The zero-order chi connectivity index (χ0) is 70.3. The number of nitrogens with zero attached hydrogens (tertiary/aromatic N) is 7. The van der Waals surface area contributed by atoms with Crippen LogP contribution in [0.15, 0.2) is 97.2 Å². The number of aliphatic carboxylic acids is 1. The van der Waals surface area contributed by atoms with Crippen LogP contribution in [0.4, 0.5) is 21.4 Å². The van der Waals surface area contributed by atoms with Crippen molar-refractivity contribution in [2.75, 3.05) is 48.3 Å². The third-order valence-electron chi connectivity index (χ3n) is 19.4. The first-order valence-corrected chi connectivity index (χ1v) is 34.6. The molecule has 4 aliphatic rings. The number of carboxylic acid groups (broad SMARTS) is 2. The average molecular weight is 1360 g/mol. The molecule has 0 saturated heterocycles. The fourth-order valence-electron chi connectivity index (χ4n) is 15.4. The van der Waals surface area contributed by atoms with Crippen molar-refractivity contribution in [1.29, 1.82) is 0 Å². The molecule has 24 nitrogen and oxygen atoms in total. The third kappa shape index (κ3) is 17.1. The first kappa shape index (κ1) is 71.4. The maximum Gasteiger partial charge on any atom is 0.410 e. The normalized spacial score (nSPS) is 20.0. The molecule has 2 bridgehead atoms. The van der Waals surface area contributed by atoms with Gasteiger partial charge < -0.3 is 45.4 Å². The number of thiazole rings is 1. The summed E-state index contributed by atoms with van der Waals surface area (Å²) < 4.78 is 15.8. The molecule has 0 radical (unpaired) electrons. The molecule has 5 heterocycles. The van der Waals surface area contributed by atoms with Gasteiger partial charge in [0.05, 0.1) is 35.0 Å². The number of pyridine rings is 1. The lowest BCUT2D eigenvalue weighted by Crippen LogP contribution is -2.58. The summed E-state index contributed by atoms with van der Waals surface area (Å²) in [5, 5.41) is 37.2. The van der Waals surface area contributed by atoms with Crippen LogP contribution in [0.1, 0.15) is 162 Å². The summed E-state index contributed by atoms with van der Waals surface area (Å²) in [5.74, 6) is -4.43. The van der Waals surface area contributed by atoms with Crippen molar-refractivity contribution in [2.45, 2.75) is 170 Å². The number of carbonyl (C=O) groups excluding carboxylic acids is 7. The Labute approximate surface area is 574 Å². The maximum absolute atomic E-state index is 13.9. The van der Waals surface area contributed by atoms with Crippen LogP contribution in [0, 0.1) is 29.1 Å². The van der Waals surface area contributed by atoms with Crippen molar-refractivity contribution in [3.8, 4) is 11.1 Å². The number of carbonyl (C=O) groups is 9. The molecule has 25 heteroatoms. The highest BCUT2D eigenvalue weighted by Crippen LogP contribution is 2.64. The van der Waals surface area contributed by atoms with E-state index in [0.717, 1.165) is 64.0 Å². The number of amides is 7. The summed E-state index contributed by atoms with van der Waals surface area (Å²) in [6.45, 7) is 17.7. The fraction of sp³-hybridized carbons (Fsp3) is 0.479. The summed E-state index contributed by atoms with van der Waals surface area (Å²) >= 11 is 1.41. The quantitative estimate of drug-likeness (QED) is 0.0188. The van der Waals surface area contributed by atoms with Gasteiger partial charge >= 0.3 is 18.0 Å². The molecule has 2 aliphatic carbocycles. The average Bonchev–Trinajstić information content (AvgIpc) is 0.830. The molecule has 10 rings (SSSR count). The molecule has 7 amide bonds. The van der Waals surface area contributed by atoms with Crippen molar-refractivity contribution in [3.05, 3.63) is 131 Å². The van der Waals surface area contributed by atoms with Gasteiger partial charge in [0.25, 0.3) is 17.7 Å². The molecule has 2 aliphatic heterocycles. The summed E-state index contributed by atoms with van der Waals surface area (Å²) in [6, 6.07) is 21.7. The van der Waals surface area contributed by atoms with Crippen LogP contribution < -0.4 is 26.2 Å². The Morgan fingerprint density at radius 3 is 2.24 bits per heavy atom. The molecule has 6 aromatic rings. The number of fused-ring (bicyclic) bond motifs is 4. The third-order valence-corrected chi connectivity index (χ3v) is 20.4. The molecular formula is C73H89N11O13S. The highest BCUT2D eigenvalue weighted by atomic mass is 32.1. The smallest absolute Gasteiger partial charge is 0.410 e. The number of nitrogens with one attached hydrogen (secondary N) is 4. The SMILES string of the molecule is CCC1(Cn2ncc(-c3ccc(N4CCc5cccc(C(=O)Nc6nc7ccccc7s6)c5C4)nc3C(=O)O)c2C)CC2(C)CC(C)(C)CC(OCCN(CCC(=O)O)C(=O)OCc3ccc(NC(=O)[C@H](C)NC(=O)C(NC(=O)CCCCCN4C(=O)C=CC4=O)C(C)C)cc3)(C2)C1. The summed E-state index contributed by atoms with van der Waals surface area (Å²) in [6.07, 6.45) is 10.4. The van der Waals surface area contributed by atoms with Gasteiger partial charge in [0, 0.05) is 85.9 Å². The zero-order valence-electron chi connectivity index (χ0n) is 57.0.